The van der Waals surface area contributed by atoms with Crippen LogP contribution in [0.2, 0.25) is 0 Å². The van der Waals surface area contributed by atoms with Crippen molar-refractivity contribution < 1.29 is 4.92 Å². The van der Waals surface area contributed by atoms with Crippen LogP contribution in [0.5, 0.6) is 0 Å². The molecule has 8 nitrogen and oxygen atoms in total. The van der Waals surface area contributed by atoms with Crippen molar-refractivity contribution in [3.8, 4) is 0 Å². The first kappa shape index (κ1) is 21.4. The third-order valence-electron chi connectivity index (χ3n) is 4.90. The van der Waals surface area contributed by atoms with Crippen molar-refractivity contribution in [2.24, 2.45) is 0 Å². The first-order chi connectivity index (χ1) is 14.6. The lowest BCUT2D eigenvalue weighted by Gasteiger charge is -2.13. The van der Waals surface area contributed by atoms with E-state index >= 15 is 0 Å². The Hall–Kier alpha value is -3.26. The number of benzene rings is 2. The number of anilines is 2. The molecule has 0 aliphatic rings. The lowest BCUT2D eigenvalue weighted by Crippen LogP contribution is -2.16. The van der Waals surface area contributed by atoms with E-state index < -0.39 is 0 Å². The predicted molar refractivity (Wildman–Crippen MR) is 121 cm³/mol. The molecule has 3 rings (SSSR count). The molecular weight excluding hydrogens is 380 g/mol. The summed E-state index contributed by atoms with van der Waals surface area (Å²) in [6, 6.07) is 11.5. The Bertz CT molecular complexity index is 1010. The Morgan fingerprint density at radius 1 is 1.03 bits per heavy atom. The molecule has 0 radical (unpaired) electrons. The molecule has 0 spiro atoms. The minimum atomic E-state index is -0.383. The number of nitrogens with one attached hydrogen (secondary N) is 3. The Morgan fingerprint density at radius 3 is 2.50 bits per heavy atom. The molecule has 0 saturated heterocycles. The summed E-state index contributed by atoms with van der Waals surface area (Å²) in [6.07, 6.45) is 3.80. The van der Waals surface area contributed by atoms with Gasteiger partial charge in [-0.1, -0.05) is 37.6 Å². The summed E-state index contributed by atoms with van der Waals surface area (Å²) in [5, 5.41) is 22.0. The largest absolute Gasteiger partial charge is 0.380 e. The van der Waals surface area contributed by atoms with Gasteiger partial charge in [0.2, 0.25) is 0 Å². The summed E-state index contributed by atoms with van der Waals surface area (Å²) < 4.78 is 0. The highest BCUT2D eigenvalue weighted by Gasteiger charge is 2.17. The summed E-state index contributed by atoms with van der Waals surface area (Å²) >= 11 is 0. The van der Waals surface area contributed by atoms with Crippen molar-refractivity contribution in [1.82, 2.24) is 15.3 Å². The van der Waals surface area contributed by atoms with Gasteiger partial charge in [0.15, 0.2) is 0 Å². The Morgan fingerprint density at radius 2 is 1.80 bits per heavy atom. The molecule has 0 unspecified atom stereocenters. The summed E-state index contributed by atoms with van der Waals surface area (Å²) in [7, 11) is 0. The molecule has 3 aromatic rings. The zero-order valence-electron chi connectivity index (χ0n) is 17.4. The van der Waals surface area contributed by atoms with Crippen LogP contribution in [0.15, 0.2) is 42.7 Å². The number of nitrogens with zero attached hydrogens (tertiary/aromatic N) is 3. The van der Waals surface area contributed by atoms with Crippen LogP contribution in [0, 0.1) is 10.1 Å². The molecule has 0 saturated carbocycles. The number of rotatable bonds is 11. The topological polar surface area (TPSA) is 105 Å². The number of nitro groups is 1. The molecule has 0 aliphatic heterocycles. The second kappa shape index (κ2) is 10.5. The van der Waals surface area contributed by atoms with Crippen LogP contribution in [0.4, 0.5) is 17.2 Å². The fraction of sp³-hybridized carbons (Fsp3) is 0.364. The Labute approximate surface area is 176 Å². The first-order valence-electron chi connectivity index (χ1n) is 10.3. The maximum absolute atomic E-state index is 11.5. The second-order valence-corrected chi connectivity index (χ2v) is 7.05. The van der Waals surface area contributed by atoms with Gasteiger partial charge in [0.1, 0.15) is 17.8 Å². The van der Waals surface area contributed by atoms with Crippen LogP contribution in [-0.4, -0.2) is 28.0 Å². The average molecular weight is 409 g/mol. The molecule has 1 aromatic heterocycles. The van der Waals surface area contributed by atoms with Gasteiger partial charge in [-0.15, -0.1) is 0 Å². The van der Waals surface area contributed by atoms with Gasteiger partial charge in [-0.05, 0) is 37.1 Å². The van der Waals surface area contributed by atoms with E-state index in [1.807, 2.05) is 19.1 Å². The van der Waals surface area contributed by atoms with Gasteiger partial charge in [-0.3, -0.25) is 10.1 Å². The highest BCUT2D eigenvalue weighted by atomic mass is 16.6. The van der Waals surface area contributed by atoms with Crippen LogP contribution in [-0.2, 0) is 13.1 Å². The van der Waals surface area contributed by atoms with Crippen LogP contribution >= 0.6 is 0 Å². The van der Waals surface area contributed by atoms with Crippen molar-refractivity contribution in [3.05, 3.63) is 64.0 Å². The van der Waals surface area contributed by atoms with Crippen molar-refractivity contribution >= 4 is 28.1 Å². The van der Waals surface area contributed by atoms with Crippen LogP contribution in [0.3, 0.4) is 0 Å². The van der Waals surface area contributed by atoms with Crippen molar-refractivity contribution in [3.63, 3.8) is 0 Å². The molecule has 158 valence electrons. The van der Waals surface area contributed by atoms with E-state index in [-0.39, 0.29) is 10.6 Å². The quantitative estimate of drug-likeness (QED) is 0.244. The van der Waals surface area contributed by atoms with Gasteiger partial charge in [0, 0.05) is 31.1 Å². The summed E-state index contributed by atoms with van der Waals surface area (Å²) in [5.41, 5.74) is 3.52. The number of hydrogen-bond acceptors (Lipinski definition) is 7. The highest BCUT2D eigenvalue weighted by Crippen LogP contribution is 2.32. The molecule has 0 bridgehead atoms. The smallest absolute Gasteiger partial charge is 0.293 e. The summed E-state index contributed by atoms with van der Waals surface area (Å²) in [5.74, 6) is 0.583. The Balaban J connectivity index is 1.83. The second-order valence-electron chi connectivity index (χ2n) is 7.05. The molecule has 2 aromatic carbocycles. The number of aromatic nitrogens is 2. The lowest BCUT2D eigenvalue weighted by molar-refractivity contribution is -0.383. The molecule has 30 heavy (non-hydrogen) atoms. The predicted octanol–water partition coefficient (Wildman–Crippen LogP) is 4.47. The molecule has 0 atom stereocenters. The first-order valence-corrected chi connectivity index (χ1v) is 10.3. The van der Waals surface area contributed by atoms with Crippen molar-refractivity contribution in [2.75, 3.05) is 23.7 Å². The van der Waals surface area contributed by atoms with E-state index in [1.165, 1.54) is 24.4 Å². The molecule has 0 fully saturated rings. The molecule has 3 N–H and O–H groups in total. The molecule has 1 heterocycles. The number of unbranched alkanes of at least 4 members (excludes halogenated alkanes) is 1. The number of nitro benzene ring substituents is 1. The van der Waals surface area contributed by atoms with Crippen LogP contribution in [0.1, 0.15) is 37.8 Å². The normalized spacial score (nSPS) is 10.9. The van der Waals surface area contributed by atoms with E-state index in [2.05, 4.69) is 45.0 Å². The van der Waals surface area contributed by atoms with Crippen molar-refractivity contribution in [1.29, 1.82) is 0 Å². The van der Waals surface area contributed by atoms with Gasteiger partial charge in [-0.2, -0.15) is 0 Å². The van der Waals surface area contributed by atoms with Crippen LogP contribution in [0.25, 0.3) is 10.9 Å². The van der Waals surface area contributed by atoms with E-state index in [4.69, 9.17) is 0 Å². The molecular formula is C22H28N6O2. The molecule has 8 heteroatoms. The van der Waals surface area contributed by atoms with E-state index in [1.54, 1.807) is 6.07 Å². The number of hydrogen-bond donors (Lipinski definition) is 3. The molecule has 0 amide bonds. The summed E-state index contributed by atoms with van der Waals surface area (Å²) in [6.45, 7) is 7.03. The lowest BCUT2D eigenvalue weighted by atomic mass is 10.1. The minimum absolute atomic E-state index is 0.0164. The van der Waals surface area contributed by atoms with Gasteiger partial charge in [-0.25, -0.2) is 9.97 Å². The van der Waals surface area contributed by atoms with Gasteiger partial charge in [0.25, 0.3) is 5.69 Å². The van der Waals surface area contributed by atoms with Gasteiger partial charge >= 0.3 is 0 Å². The fourth-order valence-electron chi connectivity index (χ4n) is 3.32. The average Bonchev–Trinajstić information content (AvgIpc) is 2.75. The van der Waals surface area contributed by atoms with Crippen molar-refractivity contribution in [2.45, 2.75) is 39.8 Å². The zero-order chi connectivity index (χ0) is 21.3. The Kier molecular flexibility index (Phi) is 7.51. The van der Waals surface area contributed by atoms with Gasteiger partial charge < -0.3 is 16.0 Å². The van der Waals surface area contributed by atoms with E-state index in [0.29, 0.717) is 35.5 Å². The SMILES string of the molecule is CCCCNCc1ccccc1CNc1ncnc2cc(NCC)c([N+](=O)[O-])cc12. The standard InChI is InChI=1S/C22H28N6O2/c1-3-5-10-23-13-16-8-6-7-9-17(16)14-25-22-18-11-21(28(29)30)20(24-4-2)12-19(18)26-15-27-22/h6-9,11-12,15,23-24H,3-5,10,13-14H2,1-2H3,(H,25,26,27). The fourth-order valence-corrected chi connectivity index (χ4v) is 3.32. The highest BCUT2D eigenvalue weighted by molar-refractivity contribution is 5.94. The third-order valence-corrected chi connectivity index (χ3v) is 4.90. The monoisotopic (exact) mass is 408 g/mol. The third kappa shape index (κ3) is 5.21. The van der Waals surface area contributed by atoms with Crippen LogP contribution < -0.4 is 16.0 Å². The minimum Gasteiger partial charge on any atom is -0.380 e. The van der Waals surface area contributed by atoms with Gasteiger partial charge in [0.05, 0.1) is 10.4 Å². The maximum Gasteiger partial charge on any atom is 0.293 e. The zero-order valence-corrected chi connectivity index (χ0v) is 17.4. The summed E-state index contributed by atoms with van der Waals surface area (Å²) in [4.78, 5) is 19.8. The molecule has 0 aliphatic carbocycles. The number of fused-ring (bicyclic) bond motifs is 1. The van der Waals surface area contributed by atoms with E-state index in [9.17, 15) is 10.1 Å². The van der Waals surface area contributed by atoms with E-state index in [0.717, 1.165) is 25.1 Å². The maximum atomic E-state index is 11.5.